The van der Waals surface area contributed by atoms with Gasteiger partial charge in [0, 0.05) is 36.1 Å². The highest BCUT2D eigenvalue weighted by molar-refractivity contribution is 5.86. The second kappa shape index (κ2) is 9.83. The first-order chi connectivity index (χ1) is 15.0. The molecule has 2 aliphatic rings. The van der Waals surface area contributed by atoms with Crippen LogP contribution in [-0.2, 0) is 22.4 Å². The van der Waals surface area contributed by atoms with Gasteiger partial charge in [-0.1, -0.05) is 0 Å². The zero-order valence-corrected chi connectivity index (χ0v) is 18.5. The Balaban J connectivity index is 1.37. The number of hydrogen-bond donors (Lipinski definition) is 1. The number of carbonyl (C=O) groups excluding carboxylic acids is 1. The molecule has 4 rings (SSSR count). The number of nitrogens with one attached hydrogen (secondary N) is 1. The predicted molar refractivity (Wildman–Crippen MR) is 119 cm³/mol. The monoisotopic (exact) mass is 428 g/mol. The minimum Gasteiger partial charge on any atom is -0.480 e. The van der Waals surface area contributed by atoms with Crippen molar-refractivity contribution in [2.75, 3.05) is 39.4 Å². The highest BCUT2D eigenvalue weighted by Crippen LogP contribution is 2.32. The molecular weight excluding hydrogens is 396 g/mol. The SMILES string of the molecule is Cc1c(O[C@@H](C)C(=O)NCCCN2CCOCC2)ccc2c3c(c(=O)oc12)CCCC3. The first-order valence-corrected chi connectivity index (χ1v) is 11.4. The lowest BCUT2D eigenvalue weighted by molar-refractivity contribution is -0.127. The molecule has 2 heterocycles. The van der Waals surface area contributed by atoms with E-state index in [1.807, 2.05) is 19.1 Å². The normalized spacial score (nSPS) is 17.9. The van der Waals surface area contributed by atoms with Crippen LogP contribution in [0.4, 0.5) is 0 Å². The lowest BCUT2D eigenvalue weighted by atomic mass is 9.90. The molecule has 168 valence electrons. The van der Waals surface area contributed by atoms with Crippen LogP contribution < -0.4 is 15.7 Å². The van der Waals surface area contributed by atoms with Gasteiger partial charge in [0.05, 0.1) is 13.2 Å². The molecule has 0 spiro atoms. The Kier molecular flexibility index (Phi) is 6.92. The fourth-order valence-corrected chi connectivity index (χ4v) is 4.48. The van der Waals surface area contributed by atoms with E-state index in [1.165, 1.54) is 0 Å². The maximum atomic E-state index is 12.5. The lowest BCUT2D eigenvalue weighted by Gasteiger charge is -2.26. The van der Waals surface area contributed by atoms with E-state index in [4.69, 9.17) is 13.9 Å². The molecule has 0 radical (unpaired) electrons. The van der Waals surface area contributed by atoms with Crippen LogP contribution in [0.3, 0.4) is 0 Å². The number of carbonyl (C=O) groups is 1. The van der Waals surface area contributed by atoms with Gasteiger partial charge in [-0.05, 0) is 70.2 Å². The molecule has 1 atom stereocenters. The van der Waals surface area contributed by atoms with Crippen LogP contribution in [0, 0.1) is 6.92 Å². The van der Waals surface area contributed by atoms with E-state index in [0.29, 0.717) is 17.9 Å². The summed E-state index contributed by atoms with van der Waals surface area (Å²) < 4.78 is 17.0. The third-order valence-electron chi connectivity index (χ3n) is 6.32. The van der Waals surface area contributed by atoms with Gasteiger partial charge in [-0.3, -0.25) is 9.69 Å². The maximum absolute atomic E-state index is 12.5. The topological polar surface area (TPSA) is 81.0 Å². The molecule has 0 saturated carbocycles. The highest BCUT2D eigenvalue weighted by atomic mass is 16.5. The van der Waals surface area contributed by atoms with E-state index in [2.05, 4.69) is 10.2 Å². The first kappa shape index (κ1) is 21.8. The number of rotatable bonds is 7. The molecule has 1 amide bonds. The molecule has 1 aliphatic carbocycles. The number of hydrogen-bond acceptors (Lipinski definition) is 6. The molecule has 2 aromatic rings. The van der Waals surface area contributed by atoms with Gasteiger partial charge in [0.25, 0.3) is 5.91 Å². The van der Waals surface area contributed by atoms with E-state index in [1.54, 1.807) is 6.92 Å². The fourth-order valence-electron chi connectivity index (χ4n) is 4.48. The highest BCUT2D eigenvalue weighted by Gasteiger charge is 2.22. The second-order valence-corrected chi connectivity index (χ2v) is 8.48. The molecule has 1 N–H and O–H groups in total. The third-order valence-corrected chi connectivity index (χ3v) is 6.32. The molecule has 7 nitrogen and oxygen atoms in total. The van der Waals surface area contributed by atoms with Crippen LogP contribution in [0.5, 0.6) is 5.75 Å². The number of morpholine rings is 1. The molecule has 0 bridgehead atoms. The van der Waals surface area contributed by atoms with Gasteiger partial charge in [-0.2, -0.15) is 0 Å². The Morgan fingerprint density at radius 3 is 2.71 bits per heavy atom. The quantitative estimate of drug-likeness (QED) is 0.539. The Morgan fingerprint density at radius 2 is 1.94 bits per heavy atom. The van der Waals surface area contributed by atoms with Crippen molar-refractivity contribution >= 4 is 16.9 Å². The van der Waals surface area contributed by atoms with Crippen molar-refractivity contribution in [1.82, 2.24) is 10.2 Å². The van der Waals surface area contributed by atoms with Crippen molar-refractivity contribution < 1.29 is 18.7 Å². The average molecular weight is 429 g/mol. The van der Waals surface area contributed by atoms with Gasteiger partial charge < -0.3 is 19.2 Å². The standard InChI is InChI=1S/C24H32N2O5/c1-16-21(9-8-19-18-6-3-4-7-20(18)24(28)31-22(16)19)30-17(2)23(27)25-10-5-11-26-12-14-29-15-13-26/h8-9,17H,3-7,10-15H2,1-2H3,(H,25,27)/t17-/m0/s1. The lowest BCUT2D eigenvalue weighted by Crippen LogP contribution is -2.40. The van der Waals surface area contributed by atoms with Gasteiger partial charge in [0.1, 0.15) is 11.3 Å². The van der Waals surface area contributed by atoms with Crippen molar-refractivity contribution in [1.29, 1.82) is 0 Å². The summed E-state index contributed by atoms with van der Waals surface area (Å²) in [5, 5.41) is 3.94. The maximum Gasteiger partial charge on any atom is 0.339 e. The van der Waals surface area contributed by atoms with Crippen LogP contribution in [0.1, 0.15) is 42.9 Å². The van der Waals surface area contributed by atoms with Crippen LogP contribution in [-0.4, -0.2) is 56.3 Å². The van der Waals surface area contributed by atoms with Crippen LogP contribution in [0.25, 0.3) is 11.0 Å². The number of aryl methyl sites for hydroxylation is 2. The Morgan fingerprint density at radius 1 is 1.19 bits per heavy atom. The summed E-state index contributed by atoms with van der Waals surface area (Å²) in [6, 6.07) is 3.84. The van der Waals surface area contributed by atoms with Crippen molar-refractivity contribution in [2.24, 2.45) is 0 Å². The third kappa shape index (κ3) is 4.93. The van der Waals surface area contributed by atoms with E-state index in [0.717, 1.165) is 87.0 Å². The Labute approximate surface area is 182 Å². The molecule has 1 aliphatic heterocycles. The average Bonchev–Trinajstić information content (AvgIpc) is 2.79. The van der Waals surface area contributed by atoms with Gasteiger partial charge >= 0.3 is 5.63 Å². The van der Waals surface area contributed by atoms with Crippen molar-refractivity contribution in [3.63, 3.8) is 0 Å². The zero-order chi connectivity index (χ0) is 21.8. The number of fused-ring (bicyclic) bond motifs is 3. The summed E-state index contributed by atoms with van der Waals surface area (Å²) in [4.78, 5) is 27.3. The van der Waals surface area contributed by atoms with Crippen LogP contribution in [0.2, 0.25) is 0 Å². The molecular formula is C24H32N2O5. The zero-order valence-electron chi connectivity index (χ0n) is 18.5. The molecule has 0 unspecified atom stereocenters. The Hall–Kier alpha value is -2.38. The summed E-state index contributed by atoms with van der Waals surface area (Å²) in [6.07, 6.45) is 4.06. The molecule has 1 fully saturated rings. The summed E-state index contributed by atoms with van der Waals surface area (Å²) in [6.45, 7) is 8.65. The van der Waals surface area contributed by atoms with Crippen molar-refractivity contribution in [3.8, 4) is 5.75 Å². The number of ether oxygens (including phenoxy) is 2. The van der Waals surface area contributed by atoms with Gasteiger partial charge in [-0.25, -0.2) is 4.79 Å². The minimum atomic E-state index is -0.635. The minimum absolute atomic E-state index is 0.145. The predicted octanol–water partition coefficient (Wildman–Crippen LogP) is 2.59. The smallest absolute Gasteiger partial charge is 0.339 e. The molecule has 31 heavy (non-hydrogen) atoms. The van der Waals surface area contributed by atoms with Crippen LogP contribution in [0.15, 0.2) is 21.3 Å². The second-order valence-electron chi connectivity index (χ2n) is 8.48. The van der Waals surface area contributed by atoms with E-state index < -0.39 is 6.10 Å². The molecule has 1 aromatic carbocycles. The fraction of sp³-hybridized carbons (Fsp3) is 0.583. The first-order valence-electron chi connectivity index (χ1n) is 11.4. The molecule has 1 saturated heterocycles. The largest absolute Gasteiger partial charge is 0.480 e. The van der Waals surface area contributed by atoms with Gasteiger partial charge in [0.2, 0.25) is 0 Å². The summed E-state index contributed by atoms with van der Waals surface area (Å²) in [5.41, 5.74) is 3.01. The molecule has 1 aromatic heterocycles. The van der Waals surface area contributed by atoms with E-state index in [-0.39, 0.29) is 11.5 Å². The summed E-state index contributed by atoms with van der Waals surface area (Å²) in [5.74, 6) is 0.427. The Bertz CT molecular complexity index is 994. The van der Waals surface area contributed by atoms with Crippen LogP contribution >= 0.6 is 0 Å². The number of benzene rings is 1. The molecule has 7 heteroatoms. The summed E-state index contributed by atoms with van der Waals surface area (Å²) >= 11 is 0. The summed E-state index contributed by atoms with van der Waals surface area (Å²) in [7, 11) is 0. The van der Waals surface area contributed by atoms with E-state index in [9.17, 15) is 9.59 Å². The van der Waals surface area contributed by atoms with E-state index >= 15 is 0 Å². The van der Waals surface area contributed by atoms with Crippen molar-refractivity contribution in [2.45, 2.75) is 52.1 Å². The van der Waals surface area contributed by atoms with Gasteiger partial charge in [0.15, 0.2) is 6.10 Å². The number of nitrogens with zero attached hydrogens (tertiary/aromatic N) is 1. The van der Waals surface area contributed by atoms with Crippen molar-refractivity contribution in [3.05, 3.63) is 39.2 Å². The number of amides is 1. The van der Waals surface area contributed by atoms with Gasteiger partial charge in [-0.15, -0.1) is 0 Å².